The molecule has 0 saturated carbocycles. The molecule has 1 unspecified atom stereocenters. The van der Waals surface area contributed by atoms with E-state index in [9.17, 15) is 9.90 Å². The molecule has 0 aliphatic heterocycles. The molecular weight excluding hydrogens is 308 g/mol. The van der Waals surface area contributed by atoms with Crippen LogP contribution < -0.4 is 5.32 Å². The van der Waals surface area contributed by atoms with Gasteiger partial charge in [0, 0.05) is 17.7 Å². The van der Waals surface area contributed by atoms with E-state index in [1.54, 1.807) is 12.1 Å². The number of aliphatic hydroxyl groups excluding tert-OH is 1. The Morgan fingerprint density at radius 3 is 2.48 bits per heavy atom. The van der Waals surface area contributed by atoms with Crippen LogP contribution in [0.25, 0.3) is 0 Å². The molecule has 5 heteroatoms. The van der Waals surface area contributed by atoms with Crippen molar-refractivity contribution in [1.82, 2.24) is 5.32 Å². The van der Waals surface area contributed by atoms with Gasteiger partial charge in [-0.2, -0.15) is 5.26 Å². The van der Waals surface area contributed by atoms with Crippen LogP contribution in [0.1, 0.15) is 38.8 Å². The van der Waals surface area contributed by atoms with E-state index in [0.717, 1.165) is 11.3 Å². The second-order valence-corrected chi connectivity index (χ2v) is 7.74. The molecule has 0 fully saturated rings. The topological polar surface area (TPSA) is 73.1 Å². The second-order valence-electron chi connectivity index (χ2n) is 6.76. The molecular formula is C18H26N2O2S. The minimum atomic E-state index is -0.450. The average molecular weight is 334 g/mol. The molecule has 0 heterocycles. The lowest BCUT2D eigenvalue weighted by atomic mass is 9.81. The summed E-state index contributed by atoms with van der Waals surface area (Å²) in [6.07, 6.45) is -0.450. The normalized spacial score (nSPS) is 12.7. The lowest BCUT2D eigenvalue weighted by Crippen LogP contribution is -2.44. The van der Waals surface area contributed by atoms with E-state index in [1.165, 1.54) is 11.8 Å². The molecule has 0 bridgehead atoms. The Hall–Kier alpha value is -1.51. The number of nitrogens with zero attached hydrogens (tertiary/aromatic N) is 1. The number of thioether (sulfide) groups is 1. The molecule has 1 aromatic rings. The van der Waals surface area contributed by atoms with Gasteiger partial charge in [-0.05, 0) is 23.6 Å². The van der Waals surface area contributed by atoms with E-state index in [4.69, 9.17) is 5.26 Å². The third-order valence-electron chi connectivity index (χ3n) is 3.76. The van der Waals surface area contributed by atoms with Gasteiger partial charge in [-0.3, -0.25) is 4.79 Å². The van der Waals surface area contributed by atoms with E-state index in [1.807, 2.05) is 39.8 Å². The van der Waals surface area contributed by atoms with Crippen molar-refractivity contribution in [2.45, 2.75) is 39.6 Å². The van der Waals surface area contributed by atoms with Gasteiger partial charge >= 0.3 is 0 Å². The zero-order chi connectivity index (χ0) is 17.5. The fourth-order valence-corrected chi connectivity index (χ4v) is 3.14. The number of rotatable bonds is 8. The smallest absolute Gasteiger partial charge is 0.230 e. The van der Waals surface area contributed by atoms with E-state index >= 15 is 0 Å². The summed E-state index contributed by atoms with van der Waals surface area (Å²) in [5, 5.41) is 21.8. The SMILES string of the molecule is CC(C)C(O)C(C)(C)CNC(=O)CSCc1ccc(C#N)cc1. The van der Waals surface area contributed by atoms with E-state index in [-0.39, 0.29) is 17.2 Å². The van der Waals surface area contributed by atoms with Gasteiger partial charge in [0.1, 0.15) is 0 Å². The van der Waals surface area contributed by atoms with E-state index in [2.05, 4.69) is 11.4 Å². The molecule has 0 spiro atoms. The average Bonchev–Trinajstić information content (AvgIpc) is 2.53. The standard InChI is InChI=1S/C18H26N2O2S/c1-13(2)17(22)18(3,4)12-20-16(21)11-23-10-15-7-5-14(9-19)6-8-15/h5-8,13,17,22H,10-12H2,1-4H3,(H,20,21). The fourth-order valence-electron chi connectivity index (χ4n) is 2.32. The number of aliphatic hydroxyl groups is 1. The van der Waals surface area contributed by atoms with Crippen LogP contribution in [-0.4, -0.2) is 29.4 Å². The van der Waals surface area contributed by atoms with E-state index < -0.39 is 6.10 Å². The highest BCUT2D eigenvalue weighted by atomic mass is 32.2. The van der Waals surface area contributed by atoms with Crippen LogP contribution in [-0.2, 0) is 10.5 Å². The van der Waals surface area contributed by atoms with Crippen molar-refractivity contribution < 1.29 is 9.90 Å². The van der Waals surface area contributed by atoms with Gasteiger partial charge in [-0.15, -0.1) is 11.8 Å². The number of nitrogens with one attached hydrogen (secondary N) is 1. The summed E-state index contributed by atoms with van der Waals surface area (Å²) in [4.78, 5) is 11.9. The molecule has 2 N–H and O–H groups in total. The van der Waals surface area contributed by atoms with Crippen molar-refractivity contribution in [1.29, 1.82) is 5.26 Å². The van der Waals surface area contributed by atoms with Crippen molar-refractivity contribution in [3.05, 3.63) is 35.4 Å². The van der Waals surface area contributed by atoms with Crippen LogP contribution in [0.2, 0.25) is 0 Å². The Labute approximate surface area is 143 Å². The van der Waals surface area contributed by atoms with Gasteiger partial charge < -0.3 is 10.4 Å². The number of carbonyl (C=O) groups excluding carboxylic acids is 1. The Kier molecular flexibility index (Phi) is 7.60. The number of nitriles is 1. The number of carbonyl (C=O) groups is 1. The predicted octanol–water partition coefficient (Wildman–Crippen LogP) is 2.95. The minimum Gasteiger partial charge on any atom is -0.392 e. The zero-order valence-electron chi connectivity index (χ0n) is 14.3. The quantitative estimate of drug-likeness (QED) is 0.766. The van der Waals surface area contributed by atoms with Crippen molar-refractivity contribution in [2.75, 3.05) is 12.3 Å². The number of amides is 1. The molecule has 23 heavy (non-hydrogen) atoms. The monoisotopic (exact) mass is 334 g/mol. The van der Waals surface area contributed by atoms with E-state index in [0.29, 0.717) is 17.9 Å². The summed E-state index contributed by atoms with van der Waals surface area (Å²) >= 11 is 1.54. The van der Waals surface area contributed by atoms with Crippen LogP contribution >= 0.6 is 11.8 Å². The lowest BCUT2D eigenvalue weighted by Gasteiger charge is -2.33. The number of hydrogen-bond donors (Lipinski definition) is 2. The summed E-state index contributed by atoms with van der Waals surface area (Å²) < 4.78 is 0. The van der Waals surface area contributed by atoms with Gasteiger partial charge in [0.25, 0.3) is 0 Å². The van der Waals surface area contributed by atoms with Gasteiger partial charge in [-0.1, -0.05) is 39.8 Å². The summed E-state index contributed by atoms with van der Waals surface area (Å²) in [7, 11) is 0. The Morgan fingerprint density at radius 2 is 1.96 bits per heavy atom. The largest absolute Gasteiger partial charge is 0.392 e. The fraction of sp³-hybridized carbons (Fsp3) is 0.556. The molecule has 1 aromatic carbocycles. The summed E-state index contributed by atoms with van der Waals surface area (Å²) in [6, 6.07) is 9.47. The molecule has 1 amide bonds. The Morgan fingerprint density at radius 1 is 1.35 bits per heavy atom. The van der Waals surface area contributed by atoms with Gasteiger partial charge in [0.2, 0.25) is 5.91 Å². The molecule has 0 radical (unpaired) electrons. The Balaban J connectivity index is 2.33. The van der Waals surface area contributed by atoms with Crippen LogP contribution in [0.5, 0.6) is 0 Å². The number of hydrogen-bond acceptors (Lipinski definition) is 4. The minimum absolute atomic E-state index is 0.0207. The molecule has 126 valence electrons. The predicted molar refractivity (Wildman–Crippen MR) is 95.0 cm³/mol. The summed E-state index contributed by atoms with van der Waals surface area (Å²) in [5.74, 6) is 1.26. The van der Waals surface area contributed by atoms with Crippen molar-refractivity contribution in [3.8, 4) is 6.07 Å². The van der Waals surface area contributed by atoms with Crippen molar-refractivity contribution in [3.63, 3.8) is 0 Å². The first-order chi connectivity index (χ1) is 10.8. The van der Waals surface area contributed by atoms with Crippen LogP contribution in [0.3, 0.4) is 0 Å². The molecule has 0 aliphatic rings. The molecule has 4 nitrogen and oxygen atoms in total. The van der Waals surface area contributed by atoms with Gasteiger partial charge in [-0.25, -0.2) is 0 Å². The molecule has 0 saturated heterocycles. The highest BCUT2D eigenvalue weighted by Crippen LogP contribution is 2.25. The second kappa shape index (κ2) is 8.95. The molecule has 0 aliphatic carbocycles. The first-order valence-electron chi connectivity index (χ1n) is 7.78. The number of benzene rings is 1. The highest BCUT2D eigenvalue weighted by molar-refractivity contribution is 7.99. The van der Waals surface area contributed by atoms with Crippen LogP contribution in [0.15, 0.2) is 24.3 Å². The van der Waals surface area contributed by atoms with Crippen molar-refractivity contribution in [2.24, 2.45) is 11.3 Å². The summed E-state index contributed by atoms with van der Waals surface area (Å²) in [5.41, 5.74) is 1.39. The third kappa shape index (κ3) is 6.64. The van der Waals surface area contributed by atoms with Gasteiger partial charge in [0.15, 0.2) is 0 Å². The summed E-state index contributed by atoms with van der Waals surface area (Å²) in [6.45, 7) is 8.33. The maximum Gasteiger partial charge on any atom is 0.230 e. The first-order valence-corrected chi connectivity index (χ1v) is 8.93. The highest BCUT2D eigenvalue weighted by Gasteiger charge is 2.30. The third-order valence-corrected chi connectivity index (χ3v) is 4.76. The van der Waals surface area contributed by atoms with Gasteiger partial charge in [0.05, 0.1) is 23.5 Å². The van der Waals surface area contributed by atoms with Crippen molar-refractivity contribution >= 4 is 17.7 Å². The lowest BCUT2D eigenvalue weighted by molar-refractivity contribution is -0.119. The van der Waals surface area contributed by atoms with Crippen LogP contribution in [0, 0.1) is 22.7 Å². The molecule has 1 rings (SSSR count). The molecule has 0 aromatic heterocycles. The molecule has 1 atom stereocenters. The first kappa shape index (κ1) is 19.5. The van der Waals surface area contributed by atoms with Crippen LogP contribution in [0.4, 0.5) is 0 Å². The Bertz CT molecular complexity index is 547. The maximum atomic E-state index is 11.9. The zero-order valence-corrected chi connectivity index (χ0v) is 15.1. The maximum absolute atomic E-state index is 11.9.